The maximum absolute atomic E-state index is 12.6. The predicted molar refractivity (Wildman–Crippen MR) is 38.3 cm³/mol. The molecule has 0 fully saturated rings. The molecule has 1 aliphatic heterocycles. The molecule has 0 amide bonds. The molecule has 1 aromatic rings. The van der Waals surface area contributed by atoms with Crippen LogP contribution in [0.3, 0.4) is 0 Å². The lowest BCUT2D eigenvalue weighted by atomic mass is 10.1. The van der Waals surface area contributed by atoms with Gasteiger partial charge >= 0.3 is 0 Å². The van der Waals surface area contributed by atoms with Crippen LogP contribution in [-0.2, 0) is 6.54 Å². The average molecular weight is 155 g/mol. The summed E-state index contributed by atoms with van der Waals surface area (Å²) in [5.41, 5.74) is 6.56. The molecular formula is C7H10FN3. The number of nitrogens with zero attached hydrogens (tertiary/aromatic N) is 2. The molecule has 2 N–H and O–H groups in total. The van der Waals surface area contributed by atoms with E-state index in [1.54, 1.807) is 4.68 Å². The minimum Gasteiger partial charge on any atom is -0.323 e. The number of hydrogen-bond acceptors (Lipinski definition) is 2. The van der Waals surface area contributed by atoms with Crippen LogP contribution in [-0.4, -0.2) is 9.78 Å². The second-order valence-electron chi connectivity index (χ2n) is 2.86. The molecule has 11 heavy (non-hydrogen) atoms. The lowest BCUT2D eigenvalue weighted by Crippen LogP contribution is -2.21. The summed E-state index contributed by atoms with van der Waals surface area (Å²) in [5.74, 6) is -0.419. The van der Waals surface area contributed by atoms with Gasteiger partial charge in [0.1, 0.15) is 0 Å². The number of fused-ring (bicyclic) bond motifs is 1. The summed E-state index contributed by atoms with van der Waals surface area (Å²) in [6, 6.07) is 1.39. The van der Waals surface area contributed by atoms with Gasteiger partial charge in [-0.05, 0) is 12.8 Å². The Kier molecular flexibility index (Phi) is 1.42. The standard InChI is InChI=1S/C7H10FN3/c8-7-4-6-5(9)2-1-3-11(6)10-7/h4-5H,1-3,9H2/t5-/m1/s1. The van der Waals surface area contributed by atoms with Crippen LogP contribution >= 0.6 is 0 Å². The van der Waals surface area contributed by atoms with E-state index in [2.05, 4.69) is 5.10 Å². The van der Waals surface area contributed by atoms with Crippen molar-refractivity contribution in [1.82, 2.24) is 9.78 Å². The second kappa shape index (κ2) is 2.30. The Hall–Kier alpha value is -0.900. The molecule has 0 aliphatic carbocycles. The van der Waals surface area contributed by atoms with E-state index in [-0.39, 0.29) is 6.04 Å². The highest BCUT2D eigenvalue weighted by Crippen LogP contribution is 2.22. The molecule has 2 rings (SSSR count). The third-order valence-corrected chi connectivity index (χ3v) is 2.05. The van der Waals surface area contributed by atoms with Crippen molar-refractivity contribution in [3.8, 4) is 0 Å². The van der Waals surface area contributed by atoms with Gasteiger partial charge in [-0.15, -0.1) is 5.10 Å². The highest BCUT2D eigenvalue weighted by Gasteiger charge is 2.18. The molecule has 1 aromatic heterocycles. The number of hydrogen-bond donors (Lipinski definition) is 1. The van der Waals surface area contributed by atoms with Crippen LogP contribution in [0.5, 0.6) is 0 Å². The minimum atomic E-state index is -0.419. The van der Waals surface area contributed by atoms with E-state index >= 15 is 0 Å². The van der Waals surface area contributed by atoms with Gasteiger partial charge in [0.25, 0.3) is 0 Å². The molecule has 4 heteroatoms. The van der Waals surface area contributed by atoms with Gasteiger partial charge in [-0.1, -0.05) is 0 Å². The van der Waals surface area contributed by atoms with E-state index in [0.29, 0.717) is 0 Å². The zero-order valence-electron chi connectivity index (χ0n) is 6.13. The zero-order chi connectivity index (χ0) is 7.84. The van der Waals surface area contributed by atoms with Gasteiger partial charge < -0.3 is 5.73 Å². The van der Waals surface area contributed by atoms with Crippen molar-refractivity contribution in [2.45, 2.75) is 25.4 Å². The Morgan fingerprint density at radius 2 is 2.55 bits per heavy atom. The monoisotopic (exact) mass is 155 g/mol. The first-order valence-electron chi connectivity index (χ1n) is 3.76. The maximum Gasteiger partial charge on any atom is 0.233 e. The summed E-state index contributed by atoms with van der Waals surface area (Å²) >= 11 is 0. The first-order chi connectivity index (χ1) is 5.27. The zero-order valence-corrected chi connectivity index (χ0v) is 6.13. The van der Waals surface area contributed by atoms with Crippen molar-refractivity contribution in [2.75, 3.05) is 0 Å². The Morgan fingerprint density at radius 3 is 3.27 bits per heavy atom. The fraction of sp³-hybridized carbons (Fsp3) is 0.571. The highest BCUT2D eigenvalue weighted by atomic mass is 19.1. The molecule has 1 atom stereocenters. The third-order valence-electron chi connectivity index (χ3n) is 2.05. The Balaban J connectivity index is 2.43. The van der Waals surface area contributed by atoms with Gasteiger partial charge in [0.15, 0.2) is 0 Å². The quantitative estimate of drug-likeness (QED) is 0.602. The van der Waals surface area contributed by atoms with Crippen LogP contribution in [0.15, 0.2) is 6.07 Å². The number of aryl methyl sites for hydroxylation is 1. The van der Waals surface area contributed by atoms with Crippen LogP contribution in [0.25, 0.3) is 0 Å². The van der Waals surface area contributed by atoms with E-state index < -0.39 is 5.95 Å². The van der Waals surface area contributed by atoms with Gasteiger partial charge in [-0.3, -0.25) is 4.68 Å². The minimum absolute atomic E-state index is 0.0271. The van der Waals surface area contributed by atoms with Crippen LogP contribution in [0.4, 0.5) is 4.39 Å². The van der Waals surface area contributed by atoms with E-state index in [9.17, 15) is 4.39 Å². The Labute approximate surface area is 64.0 Å². The molecule has 1 aliphatic rings. The van der Waals surface area contributed by atoms with Crippen molar-refractivity contribution in [3.05, 3.63) is 17.7 Å². The van der Waals surface area contributed by atoms with Gasteiger partial charge in [0.05, 0.1) is 5.69 Å². The molecule has 0 spiro atoms. The third kappa shape index (κ3) is 1.03. The number of nitrogens with two attached hydrogens (primary N) is 1. The summed E-state index contributed by atoms with van der Waals surface area (Å²) in [4.78, 5) is 0. The fourth-order valence-electron chi connectivity index (χ4n) is 1.48. The smallest absolute Gasteiger partial charge is 0.233 e. The normalized spacial score (nSPS) is 23.3. The van der Waals surface area contributed by atoms with Gasteiger partial charge in [-0.2, -0.15) is 4.39 Å². The van der Waals surface area contributed by atoms with Gasteiger partial charge in [0.2, 0.25) is 5.95 Å². The highest BCUT2D eigenvalue weighted by molar-refractivity contribution is 5.09. The summed E-state index contributed by atoms with van der Waals surface area (Å²) in [6.45, 7) is 0.799. The predicted octanol–water partition coefficient (Wildman–Crippen LogP) is 0.816. The molecule has 0 radical (unpaired) electrons. The summed E-state index contributed by atoms with van der Waals surface area (Å²) in [5, 5.41) is 3.67. The van der Waals surface area contributed by atoms with E-state index in [4.69, 9.17) is 5.73 Å². The van der Waals surface area contributed by atoms with Crippen molar-refractivity contribution in [1.29, 1.82) is 0 Å². The van der Waals surface area contributed by atoms with E-state index in [1.807, 2.05) is 0 Å². The number of rotatable bonds is 0. The van der Waals surface area contributed by atoms with Gasteiger partial charge in [-0.25, -0.2) is 0 Å². The van der Waals surface area contributed by atoms with Crippen molar-refractivity contribution in [2.24, 2.45) is 5.73 Å². The molecule has 3 nitrogen and oxygen atoms in total. The summed E-state index contributed by atoms with van der Waals surface area (Å²) in [6.07, 6.45) is 1.93. The first-order valence-corrected chi connectivity index (χ1v) is 3.76. The summed E-state index contributed by atoms with van der Waals surface area (Å²) in [7, 11) is 0. The molecule has 0 unspecified atom stereocenters. The number of halogens is 1. The Morgan fingerprint density at radius 1 is 1.73 bits per heavy atom. The molecule has 0 saturated heterocycles. The molecular weight excluding hydrogens is 145 g/mol. The molecule has 0 saturated carbocycles. The topological polar surface area (TPSA) is 43.8 Å². The van der Waals surface area contributed by atoms with Crippen LogP contribution in [0.1, 0.15) is 24.6 Å². The SMILES string of the molecule is N[C@@H]1CCCn2nc(F)cc21. The molecule has 2 heterocycles. The van der Waals surface area contributed by atoms with Crippen LogP contribution in [0, 0.1) is 5.95 Å². The maximum atomic E-state index is 12.6. The summed E-state index contributed by atoms with van der Waals surface area (Å²) < 4.78 is 14.2. The van der Waals surface area contributed by atoms with Crippen LogP contribution in [0.2, 0.25) is 0 Å². The van der Waals surface area contributed by atoms with Crippen molar-refractivity contribution >= 4 is 0 Å². The van der Waals surface area contributed by atoms with Crippen molar-refractivity contribution in [3.63, 3.8) is 0 Å². The fourth-order valence-corrected chi connectivity index (χ4v) is 1.48. The van der Waals surface area contributed by atoms with Crippen molar-refractivity contribution < 1.29 is 4.39 Å². The first kappa shape index (κ1) is 6.79. The lowest BCUT2D eigenvalue weighted by molar-refractivity contribution is 0.419. The molecule has 60 valence electrons. The molecule has 0 aromatic carbocycles. The Bertz CT molecular complexity index is 269. The lowest BCUT2D eigenvalue weighted by Gasteiger charge is -2.18. The second-order valence-corrected chi connectivity index (χ2v) is 2.86. The largest absolute Gasteiger partial charge is 0.323 e. The molecule has 0 bridgehead atoms. The van der Waals surface area contributed by atoms with Gasteiger partial charge in [0, 0.05) is 18.7 Å². The average Bonchev–Trinajstić information content (AvgIpc) is 2.31. The van der Waals surface area contributed by atoms with Crippen LogP contribution < -0.4 is 5.73 Å². The van der Waals surface area contributed by atoms with E-state index in [1.165, 1.54) is 6.07 Å². The van der Waals surface area contributed by atoms with E-state index in [0.717, 1.165) is 25.1 Å². The number of aromatic nitrogens is 2.